The summed E-state index contributed by atoms with van der Waals surface area (Å²) in [5, 5.41) is 3.61. The quantitative estimate of drug-likeness (QED) is 0.876. The highest BCUT2D eigenvalue weighted by Crippen LogP contribution is 2.44. The number of rotatable bonds is 4. The van der Waals surface area contributed by atoms with Gasteiger partial charge in [-0.2, -0.15) is 0 Å². The van der Waals surface area contributed by atoms with Crippen molar-refractivity contribution in [1.82, 2.24) is 5.32 Å². The fraction of sp³-hybridized carbons (Fsp3) is 0.625. The number of aryl methyl sites for hydroxylation is 1. The minimum Gasteiger partial charge on any atom is -0.374 e. The lowest BCUT2D eigenvalue weighted by atomic mass is 9.99. The topological polar surface area (TPSA) is 15.3 Å². The normalized spacial score (nSPS) is 20.7. The van der Waals surface area contributed by atoms with Crippen molar-refractivity contribution in [3.8, 4) is 0 Å². The van der Waals surface area contributed by atoms with E-state index in [4.69, 9.17) is 0 Å². The van der Waals surface area contributed by atoms with Crippen LogP contribution in [0.25, 0.3) is 0 Å². The molecule has 2 heteroatoms. The molecule has 3 rings (SSSR count). The average Bonchev–Trinajstić information content (AvgIpc) is 3.08. The second-order valence-electron chi connectivity index (χ2n) is 6.40. The molecule has 1 aliphatic carbocycles. The maximum Gasteiger partial charge on any atom is 0.0396 e. The summed E-state index contributed by atoms with van der Waals surface area (Å²) in [7, 11) is 2.20. The predicted octanol–water partition coefficient (Wildman–Crippen LogP) is 2.96. The van der Waals surface area contributed by atoms with Gasteiger partial charge in [-0.15, -0.1) is 0 Å². The summed E-state index contributed by atoms with van der Waals surface area (Å²) in [6.45, 7) is 5.77. The Balaban J connectivity index is 1.62. The van der Waals surface area contributed by atoms with E-state index in [2.05, 4.69) is 42.4 Å². The van der Waals surface area contributed by atoms with Gasteiger partial charge in [0.2, 0.25) is 0 Å². The van der Waals surface area contributed by atoms with Gasteiger partial charge in [-0.3, -0.25) is 0 Å². The molecular formula is C16H24N2. The Morgan fingerprint density at radius 2 is 2.17 bits per heavy atom. The molecule has 2 nitrogen and oxygen atoms in total. The molecule has 0 spiro atoms. The monoisotopic (exact) mass is 244 g/mol. The molecule has 1 fully saturated rings. The maximum absolute atomic E-state index is 3.61. The minimum absolute atomic E-state index is 0.606. The second kappa shape index (κ2) is 4.58. The first-order valence-corrected chi connectivity index (χ1v) is 7.20. The second-order valence-corrected chi connectivity index (χ2v) is 6.40. The van der Waals surface area contributed by atoms with Crippen LogP contribution in [-0.2, 0) is 13.0 Å². The minimum atomic E-state index is 0.606. The molecule has 0 bridgehead atoms. The van der Waals surface area contributed by atoms with E-state index in [-0.39, 0.29) is 0 Å². The number of nitrogens with one attached hydrogen (secondary N) is 1. The van der Waals surface area contributed by atoms with Gasteiger partial charge in [-0.25, -0.2) is 0 Å². The molecule has 1 saturated carbocycles. The summed E-state index contributed by atoms with van der Waals surface area (Å²) in [6, 6.07) is 6.97. The van der Waals surface area contributed by atoms with Crippen LogP contribution in [0.2, 0.25) is 0 Å². The Kier molecular flexibility index (Phi) is 3.06. The first-order chi connectivity index (χ1) is 8.66. The molecule has 1 aromatic rings. The maximum atomic E-state index is 3.61. The summed E-state index contributed by atoms with van der Waals surface area (Å²) in [6.07, 6.45) is 5.33. The summed E-state index contributed by atoms with van der Waals surface area (Å²) in [4.78, 5) is 2.38. The van der Waals surface area contributed by atoms with Crippen molar-refractivity contribution >= 4 is 5.69 Å². The van der Waals surface area contributed by atoms with Crippen molar-refractivity contribution < 1.29 is 0 Å². The first-order valence-electron chi connectivity index (χ1n) is 7.20. The van der Waals surface area contributed by atoms with Gasteiger partial charge < -0.3 is 10.2 Å². The number of benzene rings is 1. The van der Waals surface area contributed by atoms with Crippen LogP contribution in [0.5, 0.6) is 0 Å². The van der Waals surface area contributed by atoms with Crippen molar-refractivity contribution in [2.75, 3.05) is 25.0 Å². The third-order valence-corrected chi connectivity index (χ3v) is 4.48. The summed E-state index contributed by atoms with van der Waals surface area (Å²) in [5.41, 5.74) is 5.00. The summed E-state index contributed by atoms with van der Waals surface area (Å²) < 4.78 is 0. The van der Waals surface area contributed by atoms with Gasteiger partial charge in [0.25, 0.3) is 0 Å². The standard InChI is InChI=1S/C16H24N2/c1-16(7-8-16)12-17-11-13-5-6-15-14(10-13)4-3-9-18(15)2/h5-6,10,17H,3-4,7-9,11-12H2,1-2H3. The van der Waals surface area contributed by atoms with Gasteiger partial charge in [0.1, 0.15) is 0 Å². The van der Waals surface area contributed by atoms with E-state index in [0.717, 1.165) is 6.54 Å². The zero-order chi connectivity index (χ0) is 12.6. The van der Waals surface area contributed by atoms with Crippen molar-refractivity contribution in [3.63, 3.8) is 0 Å². The zero-order valence-corrected chi connectivity index (χ0v) is 11.6. The van der Waals surface area contributed by atoms with Crippen molar-refractivity contribution in [2.24, 2.45) is 5.41 Å². The van der Waals surface area contributed by atoms with Crippen LogP contribution in [-0.4, -0.2) is 20.1 Å². The van der Waals surface area contributed by atoms with Gasteiger partial charge in [-0.1, -0.05) is 19.1 Å². The van der Waals surface area contributed by atoms with Crippen LogP contribution in [0.1, 0.15) is 37.3 Å². The molecule has 0 atom stereocenters. The molecule has 0 aromatic heterocycles. The molecule has 1 N–H and O–H groups in total. The number of hydrogen-bond acceptors (Lipinski definition) is 2. The lowest BCUT2D eigenvalue weighted by molar-refractivity contribution is 0.499. The van der Waals surface area contributed by atoms with Crippen LogP contribution < -0.4 is 10.2 Å². The van der Waals surface area contributed by atoms with E-state index in [1.54, 1.807) is 0 Å². The van der Waals surface area contributed by atoms with Gasteiger partial charge in [0, 0.05) is 32.4 Å². The molecule has 0 unspecified atom stereocenters. The number of fused-ring (bicyclic) bond motifs is 1. The molecule has 98 valence electrons. The Morgan fingerprint density at radius 1 is 1.33 bits per heavy atom. The van der Waals surface area contributed by atoms with E-state index in [1.165, 1.54) is 55.6 Å². The van der Waals surface area contributed by atoms with Crippen molar-refractivity contribution in [1.29, 1.82) is 0 Å². The Labute approximate surface area is 110 Å². The molecule has 0 saturated heterocycles. The van der Waals surface area contributed by atoms with Crippen LogP contribution in [0.3, 0.4) is 0 Å². The number of nitrogens with zero attached hydrogens (tertiary/aromatic N) is 1. The van der Waals surface area contributed by atoms with Crippen molar-refractivity contribution in [3.05, 3.63) is 29.3 Å². The lowest BCUT2D eigenvalue weighted by Crippen LogP contribution is -2.25. The molecule has 1 aromatic carbocycles. The third kappa shape index (κ3) is 2.54. The van der Waals surface area contributed by atoms with Gasteiger partial charge in [0.05, 0.1) is 0 Å². The van der Waals surface area contributed by atoms with Gasteiger partial charge >= 0.3 is 0 Å². The van der Waals surface area contributed by atoms with Crippen LogP contribution in [0.4, 0.5) is 5.69 Å². The van der Waals surface area contributed by atoms with E-state index >= 15 is 0 Å². The highest BCUT2D eigenvalue weighted by molar-refractivity contribution is 5.56. The van der Waals surface area contributed by atoms with E-state index in [9.17, 15) is 0 Å². The number of hydrogen-bond donors (Lipinski definition) is 1. The highest BCUT2D eigenvalue weighted by Gasteiger charge is 2.36. The van der Waals surface area contributed by atoms with E-state index < -0.39 is 0 Å². The van der Waals surface area contributed by atoms with E-state index in [0.29, 0.717) is 5.41 Å². The third-order valence-electron chi connectivity index (χ3n) is 4.48. The SMILES string of the molecule is CN1CCCc2cc(CNCC3(C)CC3)ccc21. The Hall–Kier alpha value is -1.02. The Morgan fingerprint density at radius 3 is 2.94 bits per heavy atom. The van der Waals surface area contributed by atoms with Crippen LogP contribution in [0.15, 0.2) is 18.2 Å². The Bertz CT molecular complexity index is 435. The van der Waals surface area contributed by atoms with Gasteiger partial charge in [-0.05, 0) is 48.3 Å². The zero-order valence-electron chi connectivity index (χ0n) is 11.6. The van der Waals surface area contributed by atoms with E-state index in [1.807, 2.05) is 0 Å². The fourth-order valence-electron chi connectivity index (χ4n) is 2.85. The molecule has 1 heterocycles. The highest BCUT2D eigenvalue weighted by atomic mass is 15.1. The van der Waals surface area contributed by atoms with Gasteiger partial charge in [0.15, 0.2) is 0 Å². The summed E-state index contributed by atoms with van der Waals surface area (Å²) in [5.74, 6) is 0. The molecule has 18 heavy (non-hydrogen) atoms. The average molecular weight is 244 g/mol. The fourth-order valence-corrected chi connectivity index (χ4v) is 2.85. The smallest absolute Gasteiger partial charge is 0.0396 e. The predicted molar refractivity (Wildman–Crippen MR) is 77.1 cm³/mol. The molecular weight excluding hydrogens is 220 g/mol. The van der Waals surface area contributed by atoms with Crippen LogP contribution >= 0.6 is 0 Å². The number of anilines is 1. The first kappa shape index (κ1) is 12.0. The largest absolute Gasteiger partial charge is 0.374 e. The molecule has 0 amide bonds. The summed E-state index contributed by atoms with van der Waals surface area (Å²) >= 11 is 0. The van der Waals surface area contributed by atoms with Crippen molar-refractivity contribution in [2.45, 2.75) is 39.2 Å². The van der Waals surface area contributed by atoms with Crippen LogP contribution in [0, 0.1) is 5.41 Å². The molecule has 2 aliphatic rings. The lowest BCUT2D eigenvalue weighted by Gasteiger charge is -2.28. The molecule has 1 aliphatic heterocycles. The molecule has 0 radical (unpaired) electrons.